The maximum Gasteiger partial charge on any atom is 0.338 e. The number of ether oxygens (including phenoxy) is 1. The average Bonchev–Trinajstić information content (AvgIpc) is 3.46. The fourth-order valence-corrected chi connectivity index (χ4v) is 6.83. The third kappa shape index (κ3) is 2.90. The molecule has 0 spiro atoms. The van der Waals surface area contributed by atoms with Crippen LogP contribution in [0, 0.1) is 11.8 Å². The zero-order valence-corrected chi connectivity index (χ0v) is 19.4. The number of carbonyl (C=O) groups excluding carboxylic acids is 1. The predicted molar refractivity (Wildman–Crippen MR) is 129 cm³/mol. The smallest absolute Gasteiger partial charge is 0.338 e. The number of halogens is 2. The molecule has 2 heterocycles. The molecule has 0 fully saturated rings. The van der Waals surface area contributed by atoms with Gasteiger partial charge in [0.05, 0.1) is 28.3 Å². The summed E-state index contributed by atoms with van der Waals surface area (Å²) in [5, 5.41) is 1.26. The molecular formula is C27H25Cl2NO2. The van der Waals surface area contributed by atoms with Crippen LogP contribution in [0.3, 0.4) is 0 Å². The van der Waals surface area contributed by atoms with Gasteiger partial charge in [0.1, 0.15) is 0 Å². The summed E-state index contributed by atoms with van der Waals surface area (Å²) >= 11 is 13.2. The van der Waals surface area contributed by atoms with Crippen LogP contribution in [0.2, 0.25) is 10.0 Å². The normalized spacial score (nSPS) is 29.0. The van der Waals surface area contributed by atoms with Crippen LogP contribution >= 0.6 is 23.2 Å². The molecule has 0 saturated heterocycles. The molecule has 6 rings (SSSR count). The van der Waals surface area contributed by atoms with Crippen LogP contribution in [-0.4, -0.2) is 19.1 Å². The Morgan fingerprint density at radius 2 is 1.81 bits per heavy atom. The van der Waals surface area contributed by atoms with E-state index in [9.17, 15) is 4.79 Å². The SMILES string of the molecule is CCOC(=O)c1cc2c3c(c1)[C@@H]1C=CC[C@@H]1[C@H](c1cccc(Cl)c1Cl)N3C[C@@H]1CC=C[C@@H]21. The van der Waals surface area contributed by atoms with Crippen molar-refractivity contribution in [3.63, 3.8) is 0 Å². The van der Waals surface area contributed by atoms with Crippen LogP contribution in [0.25, 0.3) is 0 Å². The minimum Gasteiger partial charge on any atom is -0.462 e. The summed E-state index contributed by atoms with van der Waals surface area (Å²) in [6.07, 6.45) is 11.3. The molecule has 0 amide bonds. The molecule has 2 aromatic rings. The standard InChI is InChI=1S/C27H25Cl2NO2/c1-2-32-27(31)16-12-21-17-7-3-6-15(17)14-30-25(20-10-5-11-23(28)24(20)29)19-9-4-8-18(19)22(13-16)26(21)30/h3-5,7-8,10-13,15,17-19,25H,2,6,9,14H2,1H3/t15-,17+,18+,19-,25+/m0/s1. The van der Waals surface area contributed by atoms with E-state index in [1.165, 1.54) is 16.8 Å². The molecule has 0 aromatic heterocycles. The van der Waals surface area contributed by atoms with E-state index < -0.39 is 0 Å². The van der Waals surface area contributed by atoms with E-state index >= 15 is 0 Å². The Labute approximate surface area is 198 Å². The second-order valence-corrected chi connectivity index (χ2v) is 10.1. The second kappa shape index (κ2) is 7.67. The number of anilines is 1. The van der Waals surface area contributed by atoms with E-state index in [0.29, 0.717) is 40.0 Å². The lowest BCUT2D eigenvalue weighted by Gasteiger charge is -2.51. The number of hydrogen-bond acceptors (Lipinski definition) is 3. The monoisotopic (exact) mass is 465 g/mol. The number of nitrogens with zero attached hydrogens (tertiary/aromatic N) is 1. The maximum atomic E-state index is 12.7. The fraction of sp³-hybridized carbons (Fsp3) is 0.370. The number of esters is 1. The van der Waals surface area contributed by atoms with Crippen molar-refractivity contribution in [2.45, 2.75) is 37.6 Å². The Balaban J connectivity index is 1.58. The van der Waals surface area contributed by atoms with Crippen molar-refractivity contribution in [3.8, 4) is 0 Å². The van der Waals surface area contributed by atoms with Gasteiger partial charge in [-0.1, -0.05) is 59.6 Å². The first-order chi connectivity index (χ1) is 15.6. The Morgan fingerprint density at radius 3 is 2.62 bits per heavy atom. The van der Waals surface area contributed by atoms with Crippen molar-refractivity contribution < 1.29 is 9.53 Å². The van der Waals surface area contributed by atoms with Crippen molar-refractivity contribution in [1.29, 1.82) is 0 Å². The predicted octanol–water partition coefficient (Wildman–Crippen LogP) is 7.06. The molecule has 32 heavy (non-hydrogen) atoms. The molecule has 2 aliphatic carbocycles. The zero-order chi connectivity index (χ0) is 22.0. The van der Waals surface area contributed by atoms with Crippen LogP contribution < -0.4 is 4.90 Å². The number of hydrogen-bond donors (Lipinski definition) is 0. The minimum atomic E-state index is -0.235. The molecule has 3 nitrogen and oxygen atoms in total. The highest BCUT2D eigenvalue weighted by Gasteiger charge is 2.48. The first kappa shape index (κ1) is 20.4. The van der Waals surface area contributed by atoms with E-state index in [-0.39, 0.29) is 17.9 Å². The van der Waals surface area contributed by atoms with E-state index in [1.54, 1.807) is 0 Å². The fourth-order valence-electron chi connectivity index (χ4n) is 6.41. The van der Waals surface area contributed by atoms with E-state index in [4.69, 9.17) is 27.9 Å². The minimum absolute atomic E-state index is 0.155. The third-order valence-electron chi connectivity index (χ3n) is 7.66. The molecule has 0 unspecified atom stereocenters. The molecule has 0 radical (unpaired) electrons. The number of benzene rings is 2. The van der Waals surface area contributed by atoms with Gasteiger partial charge in [-0.05, 0) is 66.5 Å². The molecule has 0 saturated carbocycles. The molecule has 5 heteroatoms. The number of rotatable bonds is 3. The number of allylic oxidation sites excluding steroid dienone is 4. The first-order valence-electron chi connectivity index (χ1n) is 11.5. The van der Waals surface area contributed by atoms with Crippen molar-refractivity contribution in [2.75, 3.05) is 18.1 Å². The van der Waals surface area contributed by atoms with Crippen LogP contribution in [0.15, 0.2) is 54.6 Å². The van der Waals surface area contributed by atoms with Gasteiger partial charge in [-0.15, -0.1) is 0 Å². The second-order valence-electron chi connectivity index (χ2n) is 9.27. The number of carbonyl (C=O) groups is 1. The molecule has 0 N–H and O–H groups in total. The molecule has 2 aliphatic heterocycles. The van der Waals surface area contributed by atoms with Crippen molar-refractivity contribution in [3.05, 3.63) is 86.9 Å². The quantitative estimate of drug-likeness (QED) is 0.358. The van der Waals surface area contributed by atoms with Crippen LogP contribution in [0.5, 0.6) is 0 Å². The summed E-state index contributed by atoms with van der Waals surface area (Å²) in [5.74, 6) is 1.21. The van der Waals surface area contributed by atoms with E-state index in [1.807, 2.05) is 19.1 Å². The van der Waals surface area contributed by atoms with E-state index in [0.717, 1.165) is 24.9 Å². The number of fused-ring (bicyclic) bond motifs is 4. The zero-order valence-electron chi connectivity index (χ0n) is 17.9. The molecule has 5 atom stereocenters. The van der Waals surface area contributed by atoms with Gasteiger partial charge in [-0.2, -0.15) is 0 Å². The molecular weight excluding hydrogens is 441 g/mol. The van der Waals surface area contributed by atoms with Gasteiger partial charge in [0.15, 0.2) is 0 Å². The van der Waals surface area contributed by atoms with E-state index in [2.05, 4.69) is 47.4 Å². The summed E-state index contributed by atoms with van der Waals surface area (Å²) < 4.78 is 5.38. The van der Waals surface area contributed by atoms with Gasteiger partial charge in [0, 0.05) is 24.1 Å². The summed E-state index contributed by atoms with van der Waals surface area (Å²) in [4.78, 5) is 15.3. The van der Waals surface area contributed by atoms with Gasteiger partial charge >= 0.3 is 5.97 Å². The van der Waals surface area contributed by atoms with Crippen LogP contribution in [0.4, 0.5) is 5.69 Å². The van der Waals surface area contributed by atoms with Crippen LogP contribution in [0.1, 0.15) is 64.7 Å². The van der Waals surface area contributed by atoms with Gasteiger partial charge in [-0.25, -0.2) is 4.79 Å². The van der Waals surface area contributed by atoms with Gasteiger partial charge in [-0.3, -0.25) is 0 Å². The summed E-state index contributed by atoms with van der Waals surface area (Å²) in [7, 11) is 0. The highest BCUT2D eigenvalue weighted by atomic mass is 35.5. The van der Waals surface area contributed by atoms with Gasteiger partial charge < -0.3 is 9.64 Å². The molecule has 2 aromatic carbocycles. The Bertz CT molecular complexity index is 1150. The maximum absolute atomic E-state index is 12.7. The van der Waals surface area contributed by atoms with Crippen molar-refractivity contribution >= 4 is 34.9 Å². The lowest BCUT2D eigenvalue weighted by molar-refractivity contribution is 0.0526. The molecule has 164 valence electrons. The summed E-state index contributed by atoms with van der Waals surface area (Å²) in [6.45, 7) is 3.21. The average molecular weight is 466 g/mol. The topological polar surface area (TPSA) is 29.5 Å². The van der Waals surface area contributed by atoms with Gasteiger partial charge in [0.25, 0.3) is 0 Å². The first-order valence-corrected chi connectivity index (χ1v) is 12.2. The van der Waals surface area contributed by atoms with Crippen molar-refractivity contribution in [2.24, 2.45) is 11.8 Å². The largest absolute Gasteiger partial charge is 0.462 e. The van der Waals surface area contributed by atoms with Gasteiger partial charge in [0.2, 0.25) is 0 Å². The van der Waals surface area contributed by atoms with Crippen molar-refractivity contribution in [1.82, 2.24) is 0 Å². The highest BCUT2D eigenvalue weighted by Crippen LogP contribution is 2.59. The lowest BCUT2D eigenvalue weighted by atomic mass is 9.70. The molecule has 0 bridgehead atoms. The summed E-state index contributed by atoms with van der Waals surface area (Å²) in [6, 6.07) is 10.3. The Hall–Kier alpha value is -2.23. The molecule has 4 aliphatic rings. The summed E-state index contributed by atoms with van der Waals surface area (Å²) in [5.41, 5.74) is 5.54. The Morgan fingerprint density at radius 1 is 1.06 bits per heavy atom. The lowest BCUT2D eigenvalue weighted by Crippen LogP contribution is -2.46. The Kier molecular flexibility index (Phi) is 4.89. The van der Waals surface area contributed by atoms with Crippen LogP contribution in [-0.2, 0) is 4.74 Å². The third-order valence-corrected chi connectivity index (χ3v) is 8.49. The highest BCUT2D eigenvalue weighted by molar-refractivity contribution is 6.42.